The molecule has 1 atom stereocenters. The van der Waals surface area contributed by atoms with Crippen molar-refractivity contribution in [3.05, 3.63) is 24.3 Å². The van der Waals surface area contributed by atoms with Gasteiger partial charge in [0, 0.05) is 5.69 Å². The lowest BCUT2D eigenvalue weighted by Gasteiger charge is -2.10. The number of carbonyl (C=O) groups is 1. The van der Waals surface area contributed by atoms with Gasteiger partial charge < -0.3 is 15.7 Å². The van der Waals surface area contributed by atoms with Crippen molar-refractivity contribution in [2.45, 2.75) is 13.0 Å². The zero-order valence-electron chi connectivity index (χ0n) is 8.24. The molecule has 0 spiro atoms. The third-order valence-electron chi connectivity index (χ3n) is 1.96. The number of rotatable bonds is 3. The van der Waals surface area contributed by atoms with E-state index in [9.17, 15) is 4.79 Å². The van der Waals surface area contributed by atoms with Gasteiger partial charge in [-0.25, -0.2) is 0 Å². The van der Waals surface area contributed by atoms with Crippen LogP contribution in [0.3, 0.4) is 0 Å². The van der Waals surface area contributed by atoms with Crippen LogP contribution >= 0.6 is 0 Å². The molecule has 4 nitrogen and oxygen atoms in total. The standard InChI is InChI=1S/C10H14N2O2/c1-7(11-2)10(14)12-8-3-5-9(13)6-4-8/h3-7,11,13H,1-2H3,(H,12,14). The number of benzene rings is 1. The summed E-state index contributed by atoms with van der Waals surface area (Å²) in [6.45, 7) is 1.77. The third kappa shape index (κ3) is 2.74. The minimum atomic E-state index is -0.233. The van der Waals surface area contributed by atoms with Crippen LogP contribution in [0.4, 0.5) is 5.69 Å². The number of likely N-dealkylation sites (N-methyl/N-ethyl adjacent to an activating group) is 1. The number of anilines is 1. The molecule has 0 saturated heterocycles. The number of phenols is 1. The summed E-state index contributed by atoms with van der Waals surface area (Å²) in [6, 6.07) is 6.12. The Hall–Kier alpha value is -1.55. The highest BCUT2D eigenvalue weighted by Crippen LogP contribution is 2.13. The van der Waals surface area contributed by atoms with Gasteiger partial charge in [-0.05, 0) is 38.2 Å². The summed E-state index contributed by atoms with van der Waals surface area (Å²) >= 11 is 0. The normalized spacial score (nSPS) is 12.1. The Kier molecular flexibility index (Phi) is 3.48. The summed E-state index contributed by atoms with van der Waals surface area (Å²) in [6.07, 6.45) is 0. The lowest BCUT2D eigenvalue weighted by atomic mass is 10.2. The summed E-state index contributed by atoms with van der Waals surface area (Å²) in [7, 11) is 1.72. The fraction of sp³-hybridized carbons (Fsp3) is 0.300. The SMILES string of the molecule is CNC(C)C(=O)Nc1ccc(O)cc1. The molecule has 3 N–H and O–H groups in total. The maximum absolute atomic E-state index is 11.4. The van der Waals surface area contributed by atoms with Gasteiger partial charge in [0.2, 0.25) is 5.91 Å². The van der Waals surface area contributed by atoms with E-state index in [1.54, 1.807) is 26.1 Å². The number of nitrogens with one attached hydrogen (secondary N) is 2. The second kappa shape index (κ2) is 4.62. The topological polar surface area (TPSA) is 61.4 Å². The third-order valence-corrected chi connectivity index (χ3v) is 1.96. The van der Waals surface area contributed by atoms with E-state index >= 15 is 0 Å². The van der Waals surface area contributed by atoms with Gasteiger partial charge in [0.1, 0.15) is 5.75 Å². The summed E-state index contributed by atoms with van der Waals surface area (Å²) in [4.78, 5) is 11.4. The molecule has 1 unspecified atom stereocenters. The number of phenolic OH excluding ortho intramolecular Hbond substituents is 1. The maximum Gasteiger partial charge on any atom is 0.241 e. The van der Waals surface area contributed by atoms with Crippen LogP contribution in [-0.4, -0.2) is 24.1 Å². The second-order valence-corrected chi connectivity index (χ2v) is 3.05. The first-order chi connectivity index (χ1) is 6.63. The van der Waals surface area contributed by atoms with E-state index in [0.717, 1.165) is 0 Å². The van der Waals surface area contributed by atoms with Crippen LogP contribution in [0.15, 0.2) is 24.3 Å². The van der Waals surface area contributed by atoms with Crippen molar-refractivity contribution in [1.29, 1.82) is 0 Å². The van der Waals surface area contributed by atoms with Gasteiger partial charge in [-0.3, -0.25) is 4.79 Å². The van der Waals surface area contributed by atoms with Crippen molar-refractivity contribution in [1.82, 2.24) is 5.32 Å². The van der Waals surface area contributed by atoms with E-state index in [4.69, 9.17) is 5.11 Å². The van der Waals surface area contributed by atoms with Gasteiger partial charge in [-0.1, -0.05) is 0 Å². The highest BCUT2D eigenvalue weighted by molar-refractivity contribution is 5.94. The molecular formula is C10H14N2O2. The Morgan fingerprint density at radius 2 is 1.93 bits per heavy atom. The first-order valence-electron chi connectivity index (χ1n) is 4.40. The van der Waals surface area contributed by atoms with Crippen LogP contribution in [0.1, 0.15) is 6.92 Å². The predicted molar refractivity (Wildman–Crippen MR) is 55.3 cm³/mol. The highest BCUT2D eigenvalue weighted by atomic mass is 16.3. The molecule has 14 heavy (non-hydrogen) atoms. The van der Waals surface area contributed by atoms with Gasteiger partial charge in [0.15, 0.2) is 0 Å². The molecular weight excluding hydrogens is 180 g/mol. The van der Waals surface area contributed by atoms with Crippen molar-refractivity contribution < 1.29 is 9.90 Å². The van der Waals surface area contributed by atoms with E-state index in [-0.39, 0.29) is 17.7 Å². The first-order valence-corrected chi connectivity index (χ1v) is 4.40. The monoisotopic (exact) mass is 194 g/mol. The van der Waals surface area contributed by atoms with E-state index in [1.807, 2.05) is 0 Å². The van der Waals surface area contributed by atoms with Crippen molar-refractivity contribution >= 4 is 11.6 Å². The Labute approximate surface area is 82.9 Å². The minimum Gasteiger partial charge on any atom is -0.508 e. The van der Waals surface area contributed by atoms with Gasteiger partial charge in [0.05, 0.1) is 6.04 Å². The summed E-state index contributed by atoms with van der Waals surface area (Å²) in [5.41, 5.74) is 0.676. The number of hydrogen-bond donors (Lipinski definition) is 3. The Bertz CT molecular complexity index is 308. The number of amides is 1. The fourth-order valence-corrected chi connectivity index (χ4v) is 0.926. The molecule has 1 aromatic carbocycles. The van der Waals surface area contributed by atoms with E-state index < -0.39 is 0 Å². The molecule has 1 amide bonds. The molecule has 76 valence electrons. The number of carbonyl (C=O) groups excluding carboxylic acids is 1. The molecule has 1 aromatic rings. The second-order valence-electron chi connectivity index (χ2n) is 3.05. The molecule has 0 radical (unpaired) electrons. The molecule has 0 aliphatic carbocycles. The Morgan fingerprint density at radius 3 is 2.43 bits per heavy atom. The molecule has 0 saturated carbocycles. The summed E-state index contributed by atoms with van der Waals surface area (Å²) < 4.78 is 0. The molecule has 0 aliphatic heterocycles. The molecule has 0 heterocycles. The zero-order valence-corrected chi connectivity index (χ0v) is 8.24. The van der Waals surface area contributed by atoms with Gasteiger partial charge >= 0.3 is 0 Å². The first kappa shape index (κ1) is 10.5. The largest absolute Gasteiger partial charge is 0.508 e. The van der Waals surface area contributed by atoms with Crippen LogP contribution in [-0.2, 0) is 4.79 Å². The minimum absolute atomic E-state index is 0.0989. The molecule has 0 fully saturated rings. The summed E-state index contributed by atoms with van der Waals surface area (Å²) in [5.74, 6) is 0.0860. The van der Waals surface area contributed by atoms with Gasteiger partial charge in [-0.2, -0.15) is 0 Å². The Morgan fingerprint density at radius 1 is 1.36 bits per heavy atom. The van der Waals surface area contributed by atoms with Crippen molar-refractivity contribution in [3.63, 3.8) is 0 Å². The molecule has 0 aromatic heterocycles. The van der Waals surface area contributed by atoms with Gasteiger partial charge in [0.25, 0.3) is 0 Å². The van der Waals surface area contributed by atoms with Crippen LogP contribution < -0.4 is 10.6 Å². The number of aromatic hydroxyl groups is 1. The number of hydrogen-bond acceptors (Lipinski definition) is 3. The van der Waals surface area contributed by atoms with Crippen LogP contribution in [0, 0.1) is 0 Å². The van der Waals surface area contributed by atoms with Gasteiger partial charge in [-0.15, -0.1) is 0 Å². The van der Waals surface area contributed by atoms with E-state index in [0.29, 0.717) is 5.69 Å². The highest BCUT2D eigenvalue weighted by Gasteiger charge is 2.09. The van der Waals surface area contributed by atoms with Crippen LogP contribution in [0.25, 0.3) is 0 Å². The fourth-order valence-electron chi connectivity index (χ4n) is 0.926. The maximum atomic E-state index is 11.4. The van der Waals surface area contributed by atoms with E-state index in [2.05, 4.69) is 10.6 Å². The van der Waals surface area contributed by atoms with Crippen LogP contribution in [0.2, 0.25) is 0 Å². The van der Waals surface area contributed by atoms with Crippen LogP contribution in [0.5, 0.6) is 5.75 Å². The smallest absolute Gasteiger partial charge is 0.241 e. The average Bonchev–Trinajstić information content (AvgIpc) is 2.20. The quantitative estimate of drug-likeness (QED) is 0.627. The predicted octanol–water partition coefficient (Wildman–Crippen LogP) is 0.939. The molecule has 0 aliphatic rings. The summed E-state index contributed by atoms with van der Waals surface area (Å²) in [5, 5.41) is 14.6. The van der Waals surface area contributed by atoms with Crippen molar-refractivity contribution in [3.8, 4) is 5.75 Å². The molecule has 4 heteroatoms. The zero-order chi connectivity index (χ0) is 10.6. The van der Waals surface area contributed by atoms with Crippen molar-refractivity contribution in [2.75, 3.05) is 12.4 Å². The van der Waals surface area contributed by atoms with Crippen molar-refractivity contribution in [2.24, 2.45) is 0 Å². The Balaban J connectivity index is 2.60. The van der Waals surface area contributed by atoms with E-state index in [1.165, 1.54) is 12.1 Å². The molecule has 0 bridgehead atoms. The lowest BCUT2D eigenvalue weighted by Crippen LogP contribution is -2.35. The average molecular weight is 194 g/mol. The molecule has 1 rings (SSSR count). The lowest BCUT2D eigenvalue weighted by molar-refractivity contribution is -0.117.